The smallest absolute Gasteiger partial charge is 0.272 e. The lowest BCUT2D eigenvalue weighted by molar-refractivity contribution is 0.0931. The van der Waals surface area contributed by atoms with Gasteiger partial charge >= 0.3 is 0 Å². The summed E-state index contributed by atoms with van der Waals surface area (Å²) in [6.07, 6.45) is 1.91. The van der Waals surface area contributed by atoms with Gasteiger partial charge in [0.2, 0.25) is 0 Å². The molecular formula is C17H23N3O3S. The van der Waals surface area contributed by atoms with E-state index in [0.717, 1.165) is 23.2 Å². The van der Waals surface area contributed by atoms with E-state index in [1.54, 1.807) is 13.0 Å². The number of hydrogen-bond acceptors (Lipinski definition) is 4. The Morgan fingerprint density at radius 2 is 1.92 bits per heavy atom. The number of sulfone groups is 1. The molecule has 1 heterocycles. The van der Waals surface area contributed by atoms with Gasteiger partial charge in [-0.25, -0.2) is 8.42 Å². The van der Waals surface area contributed by atoms with Crippen LogP contribution in [-0.2, 0) is 16.3 Å². The molecule has 0 saturated heterocycles. The van der Waals surface area contributed by atoms with Crippen molar-refractivity contribution in [2.24, 2.45) is 0 Å². The van der Waals surface area contributed by atoms with Crippen LogP contribution in [0, 0.1) is 6.92 Å². The summed E-state index contributed by atoms with van der Waals surface area (Å²) in [6.45, 7) is 5.51. The number of carbonyl (C=O) groups excluding carboxylic acids is 1. The van der Waals surface area contributed by atoms with Gasteiger partial charge in [-0.05, 0) is 31.9 Å². The highest BCUT2D eigenvalue weighted by Gasteiger charge is 2.29. The molecule has 0 unspecified atom stereocenters. The molecule has 0 fully saturated rings. The van der Waals surface area contributed by atoms with E-state index in [0.29, 0.717) is 0 Å². The van der Waals surface area contributed by atoms with Gasteiger partial charge < -0.3 is 5.32 Å². The second-order valence-electron chi connectivity index (χ2n) is 6.03. The van der Waals surface area contributed by atoms with Gasteiger partial charge in [-0.1, -0.05) is 36.8 Å². The molecule has 2 atom stereocenters. The third-order valence-electron chi connectivity index (χ3n) is 4.11. The van der Waals surface area contributed by atoms with E-state index in [9.17, 15) is 13.2 Å². The van der Waals surface area contributed by atoms with E-state index in [1.165, 1.54) is 6.26 Å². The van der Waals surface area contributed by atoms with Crippen LogP contribution in [0.2, 0.25) is 0 Å². The Hall–Kier alpha value is -2.15. The van der Waals surface area contributed by atoms with Gasteiger partial charge in [0.05, 0.1) is 11.3 Å². The van der Waals surface area contributed by atoms with Crippen molar-refractivity contribution in [3.63, 3.8) is 0 Å². The van der Waals surface area contributed by atoms with E-state index in [2.05, 4.69) is 15.5 Å². The number of benzene rings is 1. The van der Waals surface area contributed by atoms with Crippen LogP contribution in [0.1, 0.15) is 47.2 Å². The highest BCUT2D eigenvalue weighted by atomic mass is 32.2. The summed E-state index contributed by atoms with van der Waals surface area (Å²) in [5.41, 5.74) is 2.92. The highest BCUT2D eigenvalue weighted by molar-refractivity contribution is 7.91. The number of aromatic nitrogens is 2. The lowest BCUT2D eigenvalue weighted by Gasteiger charge is -2.24. The van der Waals surface area contributed by atoms with Crippen molar-refractivity contribution < 1.29 is 13.2 Å². The van der Waals surface area contributed by atoms with Gasteiger partial charge in [0.1, 0.15) is 5.69 Å². The third-order valence-corrected chi connectivity index (χ3v) is 5.74. The summed E-state index contributed by atoms with van der Waals surface area (Å²) in [7, 11) is -3.33. The number of hydrogen-bond donors (Lipinski definition) is 2. The normalized spacial score (nSPS) is 14.2. The van der Waals surface area contributed by atoms with Crippen molar-refractivity contribution >= 4 is 15.7 Å². The molecule has 0 aliphatic carbocycles. The van der Waals surface area contributed by atoms with E-state index >= 15 is 0 Å². The number of nitrogens with one attached hydrogen (secondary N) is 2. The maximum atomic E-state index is 12.5. The first-order valence-corrected chi connectivity index (χ1v) is 9.78. The molecule has 1 amide bonds. The summed E-state index contributed by atoms with van der Waals surface area (Å²) in [5.74, 6) is -0.396. The zero-order valence-corrected chi connectivity index (χ0v) is 15.1. The fourth-order valence-corrected chi connectivity index (χ4v) is 3.09. The molecule has 0 spiro atoms. The van der Waals surface area contributed by atoms with Crippen LogP contribution in [-0.4, -0.2) is 36.0 Å². The first-order chi connectivity index (χ1) is 11.2. The van der Waals surface area contributed by atoms with E-state index < -0.39 is 27.0 Å². The molecule has 1 aromatic heterocycles. The molecule has 0 saturated carbocycles. The largest absolute Gasteiger partial charge is 0.343 e. The summed E-state index contributed by atoms with van der Waals surface area (Å²) < 4.78 is 24.0. The average Bonchev–Trinajstić information content (AvgIpc) is 3.01. The Labute approximate surface area is 142 Å². The Bertz CT molecular complexity index is 810. The second-order valence-corrected chi connectivity index (χ2v) is 8.43. The maximum absolute atomic E-state index is 12.5. The molecule has 0 aliphatic heterocycles. The van der Waals surface area contributed by atoms with Crippen molar-refractivity contribution in [2.45, 2.75) is 38.5 Å². The number of H-pyrrole nitrogens is 1. The molecule has 2 N–H and O–H groups in total. The zero-order valence-electron chi connectivity index (χ0n) is 14.3. The molecule has 0 radical (unpaired) electrons. The fourth-order valence-electron chi connectivity index (χ4n) is 2.37. The van der Waals surface area contributed by atoms with Crippen LogP contribution < -0.4 is 5.32 Å². The Balaban J connectivity index is 2.32. The summed E-state index contributed by atoms with van der Waals surface area (Å²) >= 11 is 0. The maximum Gasteiger partial charge on any atom is 0.272 e. The van der Waals surface area contributed by atoms with Gasteiger partial charge in [0, 0.05) is 11.9 Å². The van der Waals surface area contributed by atoms with Gasteiger partial charge in [-0.3, -0.25) is 9.89 Å². The molecule has 24 heavy (non-hydrogen) atoms. The molecular weight excluding hydrogens is 326 g/mol. The van der Waals surface area contributed by atoms with Crippen molar-refractivity contribution in [3.8, 4) is 0 Å². The molecule has 6 nitrogen and oxygen atoms in total. The first-order valence-electron chi connectivity index (χ1n) is 7.83. The summed E-state index contributed by atoms with van der Waals surface area (Å²) in [6, 6.07) is 8.50. The predicted octanol–water partition coefficient (Wildman–Crippen LogP) is 2.18. The van der Waals surface area contributed by atoms with Gasteiger partial charge in [0.25, 0.3) is 5.91 Å². The number of carbonyl (C=O) groups is 1. The van der Waals surface area contributed by atoms with Crippen LogP contribution >= 0.6 is 0 Å². The lowest BCUT2D eigenvalue weighted by atomic mass is 10.0. The minimum Gasteiger partial charge on any atom is -0.343 e. The lowest BCUT2D eigenvalue weighted by Crippen LogP contribution is -2.38. The highest BCUT2D eigenvalue weighted by Crippen LogP contribution is 2.23. The molecule has 130 valence electrons. The predicted molar refractivity (Wildman–Crippen MR) is 93.7 cm³/mol. The Kier molecular flexibility index (Phi) is 5.43. The molecule has 0 aliphatic rings. The van der Waals surface area contributed by atoms with Crippen LogP contribution in [0.15, 0.2) is 30.3 Å². The number of amides is 1. The SMILES string of the molecule is CCc1cc(C(=O)N[C@@H](c2ccc(C)cc2)[C@@H](C)S(C)(=O)=O)n[nH]1. The number of rotatable bonds is 6. The monoisotopic (exact) mass is 349 g/mol. The average molecular weight is 349 g/mol. The van der Waals surface area contributed by atoms with Gasteiger partial charge in [0.15, 0.2) is 9.84 Å². The number of nitrogens with zero attached hydrogens (tertiary/aromatic N) is 1. The molecule has 1 aromatic carbocycles. The number of aromatic amines is 1. The van der Waals surface area contributed by atoms with Crippen LogP contribution in [0.4, 0.5) is 0 Å². The minimum atomic E-state index is -3.33. The Morgan fingerprint density at radius 3 is 2.42 bits per heavy atom. The van der Waals surface area contributed by atoms with Crippen molar-refractivity contribution in [3.05, 3.63) is 52.8 Å². The first kappa shape index (κ1) is 18.2. The minimum absolute atomic E-state index is 0.254. The quantitative estimate of drug-likeness (QED) is 0.836. The molecule has 2 aromatic rings. The van der Waals surface area contributed by atoms with Gasteiger partial charge in [-0.15, -0.1) is 0 Å². The molecule has 7 heteroatoms. The summed E-state index contributed by atoms with van der Waals surface area (Å²) in [5, 5.41) is 8.83. The number of aryl methyl sites for hydroxylation is 2. The van der Waals surface area contributed by atoms with E-state index in [-0.39, 0.29) is 5.69 Å². The zero-order chi connectivity index (χ0) is 17.9. The van der Waals surface area contributed by atoms with E-state index in [4.69, 9.17) is 0 Å². The second kappa shape index (κ2) is 7.17. The third kappa shape index (κ3) is 4.23. The van der Waals surface area contributed by atoms with Crippen LogP contribution in [0.3, 0.4) is 0 Å². The molecule has 2 rings (SSSR count). The van der Waals surface area contributed by atoms with Crippen molar-refractivity contribution in [1.29, 1.82) is 0 Å². The fraction of sp³-hybridized carbons (Fsp3) is 0.412. The molecule has 0 bridgehead atoms. The Morgan fingerprint density at radius 1 is 1.29 bits per heavy atom. The van der Waals surface area contributed by atoms with Crippen molar-refractivity contribution in [1.82, 2.24) is 15.5 Å². The van der Waals surface area contributed by atoms with Crippen molar-refractivity contribution in [2.75, 3.05) is 6.26 Å². The topological polar surface area (TPSA) is 91.9 Å². The standard InChI is InChI=1S/C17H23N3O3S/c1-5-14-10-15(20-19-14)17(21)18-16(12(3)24(4,22)23)13-8-6-11(2)7-9-13/h6-10,12,16H,5H2,1-4H3,(H,18,21)(H,19,20)/t12-,16-/m1/s1. The van der Waals surface area contributed by atoms with Crippen LogP contribution in [0.5, 0.6) is 0 Å². The van der Waals surface area contributed by atoms with E-state index in [1.807, 2.05) is 38.1 Å². The summed E-state index contributed by atoms with van der Waals surface area (Å²) in [4.78, 5) is 12.5. The van der Waals surface area contributed by atoms with Crippen LogP contribution in [0.25, 0.3) is 0 Å². The van der Waals surface area contributed by atoms with Gasteiger partial charge in [-0.2, -0.15) is 5.10 Å².